The van der Waals surface area contributed by atoms with E-state index >= 15 is 0 Å². The molecule has 0 spiro atoms. The van der Waals surface area contributed by atoms with Crippen LogP contribution in [0.1, 0.15) is 24.1 Å². The number of hydrogen-bond acceptors (Lipinski definition) is 4. The van der Waals surface area contributed by atoms with Crippen molar-refractivity contribution in [1.82, 2.24) is 4.90 Å². The van der Waals surface area contributed by atoms with E-state index in [1.54, 1.807) is 4.90 Å². The topological polar surface area (TPSA) is 77.8 Å². The molecule has 0 atom stereocenters. The fourth-order valence-corrected chi connectivity index (χ4v) is 3.29. The second-order valence-electron chi connectivity index (χ2n) is 4.95. The van der Waals surface area contributed by atoms with E-state index in [1.165, 1.54) is 11.3 Å². The molecule has 1 aliphatic rings. The highest BCUT2D eigenvalue weighted by atomic mass is 35.5. The molecule has 1 amide bonds. The fourth-order valence-electron chi connectivity index (χ4n) is 2.21. The van der Waals surface area contributed by atoms with Gasteiger partial charge in [0.15, 0.2) is 5.60 Å². The van der Waals surface area contributed by atoms with Gasteiger partial charge in [0.2, 0.25) is 5.91 Å². The Bertz CT molecular complexity index is 508. The minimum absolute atomic E-state index is 0.0121. The maximum atomic E-state index is 12.0. The van der Waals surface area contributed by atoms with Crippen LogP contribution >= 0.6 is 22.9 Å². The molecule has 1 saturated heterocycles. The molecule has 0 aliphatic carbocycles. The van der Waals surface area contributed by atoms with Gasteiger partial charge in [0.25, 0.3) is 0 Å². The van der Waals surface area contributed by atoms with Crippen LogP contribution in [-0.2, 0) is 16.0 Å². The number of carboxylic acid groups (broad SMARTS) is 1. The van der Waals surface area contributed by atoms with Gasteiger partial charge >= 0.3 is 5.97 Å². The highest BCUT2D eigenvalue weighted by Gasteiger charge is 2.40. The normalized spacial score (nSPS) is 18.0. The Hall–Kier alpha value is -1.11. The number of aliphatic carboxylic acids is 1. The van der Waals surface area contributed by atoms with Crippen LogP contribution in [0.5, 0.6) is 0 Å². The van der Waals surface area contributed by atoms with Crippen molar-refractivity contribution >= 4 is 34.8 Å². The second kappa shape index (κ2) is 6.11. The molecule has 1 aromatic rings. The number of halogens is 1. The maximum absolute atomic E-state index is 12.0. The second-order valence-corrected chi connectivity index (χ2v) is 6.38. The van der Waals surface area contributed by atoms with Crippen molar-refractivity contribution in [2.24, 2.45) is 0 Å². The average Bonchev–Trinajstić information content (AvgIpc) is 2.82. The van der Waals surface area contributed by atoms with Crippen LogP contribution in [0.15, 0.2) is 11.4 Å². The molecule has 2 rings (SSSR count). The SMILES string of the molecule is O=C(CCc1cc(Cl)cs1)N1CCC(O)(C(=O)O)CC1. The number of hydrogen-bond donors (Lipinski definition) is 2. The lowest BCUT2D eigenvalue weighted by Gasteiger charge is -2.35. The molecule has 0 unspecified atom stereocenters. The van der Waals surface area contributed by atoms with E-state index in [0.717, 1.165) is 4.88 Å². The summed E-state index contributed by atoms with van der Waals surface area (Å²) in [6.45, 7) is 0.569. The Morgan fingerprint density at radius 2 is 2.05 bits per heavy atom. The van der Waals surface area contributed by atoms with Crippen LogP contribution < -0.4 is 0 Å². The molecule has 20 heavy (non-hydrogen) atoms. The molecule has 0 bridgehead atoms. The number of amides is 1. The third-order valence-corrected chi connectivity index (χ3v) is 4.89. The predicted molar refractivity (Wildman–Crippen MR) is 76.0 cm³/mol. The van der Waals surface area contributed by atoms with Crippen LogP contribution in [-0.4, -0.2) is 45.7 Å². The van der Waals surface area contributed by atoms with E-state index in [-0.39, 0.29) is 31.8 Å². The van der Waals surface area contributed by atoms with Crippen molar-refractivity contribution in [1.29, 1.82) is 0 Å². The Kier molecular flexibility index (Phi) is 4.67. The molecule has 1 fully saturated rings. The maximum Gasteiger partial charge on any atom is 0.335 e. The minimum atomic E-state index is -1.68. The Labute approximate surface area is 125 Å². The summed E-state index contributed by atoms with van der Waals surface area (Å²) in [5.74, 6) is -1.22. The number of carbonyl (C=O) groups is 2. The molecule has 5 nitrogen and oxygen atoms in total. The number of thiophene rings is 1. The number of piperidine rings is 1. The van der Waals surface area contributed by atoms with E-state index in [4.69, 9.17) is 16.7 Å². The van der Waals surface area contributed by atoms with E-state index in [2.05, 4.69) is 0 Å². The smallest absolute Gasteiger partial charge is 0.335 e. The summed E-state index contributed by atoms with van der Waals surface area (Å²) in [5, 5.41) is 21.2. The average molecular weight is 318 g/mol. The van der Waals surface area contributed by atoms with Gasteiger partial charge in [0.05, 0.1) is 5.02 Å². The number of carbonyl (C=O) groups excluding carboxylic acids is 1. The molecule has 110 valence electrons. The summed E-state index contributed by atoms with van der Waals surface area (Å²) >= 11 is 7.34. The number of likely N-dealkylation sites (tertiary alicyclic amines) is 1. The summed E-state index contributed by atoms with van der Waals surface area (Å²) in [4.78, 5) is 25.6. The van der Waals surface area contributed by atoms with Crippen LogP contribution in [0.2, 0.25) is 5.02 Å². The minimum Gasteiger partial charge on any atom is -0.479 e. The summed E-state index contributed by atoms with van der Waals surface area (Å²) in [5.41, 5.74) is -1.68. The molecule has 0 aromatic carbocycles. The van der Waals surface area contributed by atoms with Crippen molar-refractivity contribution in [3.63, 3.8) is 0 Å². The van der Waals surface area contributed by atoms with Gasteiger partial charge in [-0.15, -0.1) is 11.3 Å². The zero-order valence-corrected chi connectivity index (χ0v) is 12.4. The van der Waals surface area contributed by atoms with Crippen LogP contribution in [0, 0.1) is 0 Å². The van der Waals surface area contributed by atoms with Gasteiger partial charge in [0, 0.05) is 42.6 Å². The largest absolute Gasteiger partial charge is 0.479 e. The Morgan fingerprint density at radius 3 is 2.55 bits per heavy atom. The van der Waals surface area contributed by atoms with Gasteiger partial charge in [-0.1, -0.05) is 11.6 Å². The fraction of sp³-hybridized carbons (Fsp3) is 0.538. The van der Waals surface area contributed by atoms with Crippen molar-refractivity contribution in [3.8, 4) is 0 Å². The zero-order chi connectivity index (χ0) is 14.8. The van der Waals surface area contributed by atoms with Crippen LogP contribution in [0.25, 0.3) is 0 Å². The molecule has 0 saturated carbocycles. The molecule has 7 heteroatoms. The van der Waals surface area contributed by atoms with Crippen molar-refractivity contribution in [3.05, 3.63) is 21.3 Å². The predicted octanol–water partition coefficient (Wildman–Crippen LogP) is 1.77. The lowest BCUT2D eigenvalue weighted by atomic mass is 9.91. The van der Waals surface area contributed by atoms with Crippen molar-refractivity contribution in [2.45, 2.75) is 31.3 Å². The lowest BCUT2D eigenvalue weighted by molar-refractivity contribution is -0.165. The summed E-state index contributed by atoms with van der Waals surface area (Å²) in [7, 11) is 0. The van der Waals surface area contributed by atoms with Gasteiger partial charge in [-0.2, -0.15) is 0 Å². The van der Waals surface area contributed by atoms with Gasteiger partial charge < -0.3 is 15.1 Å². The van der Waals surface area contributed by atoms with Gasteiger partial charge in [-0.05, 0) is 12.5 Å². The Balaban J connectivity index is 1.81. The summed E-state index contributed by atoms with van der Waals surface area (Å²) in [6, 6.07) is 1.85. The first-order valence-electron chi connectivity index (χ1n) is 6.37. The van der Waals surface area contributed by atoms with E-state index in [1.807, 2.05) is 11.4 Å². The van der Waals surface area contributed by atoms with Crippen molar-refractivity contribution in [2.75, 3.05) is 13.1 Å². The Morgan fingerprint density at radius 1 is 1.40 bits per heavy atom. The number of aliphatic hydroxyl groups is 1. The standard InChI is InChI=1S/C13H16ClNO4S/c14-9-7-10(20-8-9)1-2-11(16)15-5-3-13(19,4-6-15)12(17)18/h7-8,19H,1-6H2,(H,17,18). The van der Waals surface area contributed by atoms with Gasteiger partial charge in [-0.25, -0.2) is 4.79 Å². The number of nitrogens with zero attached hydrogens (tertiary/aromatic N) is 1. The van der Waals surface area contributed by atoms with E-state index in [0.29, 0.717) is 17.9 Å². The third kappa shape index (κ3) is 3.50. The summed E-state index contributed by atoms with van der Waals surface area (Å²) in [6.07, 6.45) is 1.18. The first-order valence-corrected chi connectivity index (χ1v) is 7.63. The monoisotopic (exact) mass is 317 g/mol. The van der Waals surface area contributed by atoms with Gasteiger partial charge in [-0.3, -0.25) is 4.79 Å². The molecule has 1 aromatic heterocycles. The number of rotatable bonds is 4. The molecular weight excluding hydrogens is 302 g/mol. The lowest BCUT2D eigenvalue weighted by Crippen LogP contribution is -2.50. The van der Waals surface area contributed by atoms with Crippen LogP contribution in [0.3, 0.4) is 0 Å². The first kappa shape index (κ1) is 15.3. The highest BCUT2D eigenvalue weighted by Crippen LogP contribution is 2.24. The quantitative estimate of drug-likeness (QED) is 0.887. The summed E-state index contributed by atoms with van der Waals surface area (Å²) < 4.78 is 0. The molecule has 0 radical (unpaired) electrons. The van der Waals surface area contributed by atoms with Crippen LogP contribution in [0.4, 0.5) is 0 Å². The molecule has 2 N–H and O–H groups in total. The first-order chi connectivity index (χ1) is 9.40. The number of aryl methyl sites for hydroxylation is 1. The van der Waals surface area contributed by atoms with Gasteiger partial charge in [0.1, 0.15) is 0 Å². The third-order valence-electron chi connectivity index (χ3n) is 3.55. The number of carboxylic acids is 1. The highest BCUT2D eigenvalue weighted by molar-refractivity contribution is 7.10. The van der Waals surface area contributed by atoms with E-state index < -0.39 is 11.6 Å². The zero-order valence-electron chi connectivity index (χ0n) is 10.8. The molecule has 1 aliphatic heterocycles. The van der Waals surface area contributed by atoms with E-state index in [9.17, 15) is 14.7 Å². The molecular formula is C13H16ClNO4S. The molecule has 2 heterocycles. The van der Waals surface area contributed by atoms with Crippen molar-refractivity contribution < 1.29 is 19.8 Å².